The molecule has 32 heavy (non-hydrogen) atoms. The Balaban J connectivity index is 1.30. The van der Waals surface area contributed by atoms with Crippen LogP contribution in [-0.4, -0.2) is 76.3 Å². The lowest BCUT2D eigenvalue weighted by molar-refractivity contribution is 0.126. The number of unbranched alkanes of at least 4 members (excludes halogenated alkanes) is 1. The lowest BCUT2D eigenvalue weighted by Crippen LogP contribution is -2.46. The van der Waals surface area contributed by atoms with Crippen LogP contribution in [0, 0.1) is 0 Å². The second-order valence-electron chi connectivity index (χ2n) is 8.00. The molecule has 0 saturated carbocycles. The van der Waals surface area contributed by atoms with Crippen LogP contribution in [0.5, 0.6) is 11.5 Å². The Labute approximate surface area is 192 Å². The SMILES string of the molecule is CN=C(NCCCCN1CCN(Cc2ccccc2)CC1)Nc1ccc(OC)c(OC)c1. The molecule has 1 fully saturated rings. The van der Waals surface area contributed by atoms with Gasteiger partial charge in [-0.1, -0.05) is 30.3 Å². The quantitative estimate of drug-likeness (QED) is 0.337. The summed E-state index contributed by atoms with van der Waals surface area (Å²) in [7, 11) is 5.05. The lowest BCUT2D eigenvalue weighted by Gasteiger charge is -2.34. The van der Waals surface area contributed by atoms with Crippen molar-refractivity contribution >= 4 is 11.6 Å². The zero-order valence-corrected chi connectivity index (χ0v) is 19.6. The fraction of sp³-hybridized carbons (Fsp3) is 0.480. The molecule has 1 aliphatic heterocycles. The first-order valence-corrected chi connectivity index (χ1v) is 11.4. The van der Waals surface area contributed by atoms with Gasteiger partial charge in [0.15, 0.2) is 17.5 Å². The van der Waals surface area contributed by atoms with E-state index in [1.165, 1.54) is 12.0 Å². The molecule has 0 aliphatic carbocycles. The standard InChI is InChI=1S/C25H37N5O2/c1-26-25(28-22-11-12-23(31-2)24(19-22)32-3)27-13-7-8-14-29-15-17-30(18-16-29)20-21-9-5-4-6-10-21/h4-6,9-12,19H,7-8,13-18,20H2,1-3H3,(H2,26,27,28). The Hall–Kier alpha value is -2.77. The molecule has 0 unspecified atom stereocenters. The van der Waals surface area contributed by atoms with Crippen molar-refractivity contribution in [3.8, 4) is 11.5 Å². The molecular formula is C25H37N5O2. The third-order valence-electron chi connectivity index (χ3n) is 5.78. The molecule has 174 valence electrons. The third-order valence-corrected chi connectivity index (χ3v) is 5.78. The zero-order chi connectivity index (χ0) is 22.6. The number of hydrogen-bond acceptors (Lipinski definition) is 5. The maximum absolute atomic E-state index is 5.37. The molecule has 1 aliphatic rings. The highest BCUT2D eigenvalue weighted by Crippen LogP contribution is 2.29. The Morgan fingerprint density at radius 1 is 0.906 bits per heavy atom. The van der Waals surface area contributed by atoms with Crippen molar-refractivity contribution in [1.82, 2.24) is 15.1 Å². The van der Waals surface area contributed by atoms with Crippen molar-refractivity contribution in [2.45, 2.75) is 19.4 Å². The van der Waals surface area contributed by atoms with Crippen LogP contribution in [0.4, 0.5) is 5.69 Å². The van der Waals surface area contributed by atoms with E-state index < -0.39 is 0 Å². The third kappa shape index (κ3) is 7.43. The largest absolute Gasteiger partial charge is 0.493 e. The molecule has 3 rings (SSSR count). The number of rotatable bonds is 10. The molecule has 0 spiro atoms. The predicted molar refractivity (Wildman–Crippen MR) is 132 cm³/mol. The summed E-state index contributed by atoms with van der Waals surface area (Å²) in [5.74, 6) is 2.16. The highest BCUT2D eigenvalue weighted by molar-refractivity contribution is 5.93. The van der Waals surface area contributed by atoms with E-state index in [2.05, 4.69) is 55.8 Å². The summed E-state index contributed by atoms with van der Waals surface area (Å²) < 4.78 is 10.7. The summed E-state index contributed by atoms with van der Waals surface area (Å²) in [6, 6.07) is 16.5. The molecule has 1 saturated heterocycles. The number of anilines is 1. The summed E-state index contributed by atoms with van der Waals surface area (Å²) in [5, 5.41) is 6.70. The van der Waals surface area contributed by atoms with Gasteiger partial charge in [0, 0.05) is 58.1 Å². The molecule has 7 heteroatoms. The van der Waals surface area contributed by atoms with Gasteiger partial charge >= 0.3 is 0 Å². The summed E-state index contributed by atoms with van der Waals surface area (Å²) in [5.41, 5.74) is 2.31. The number of aliphatic imine (C=N–C) groups is 1. The van der Waals surface area contributed by atoms with E-state index in [4.69, 9.17) is 9.47 Å². The molecule has 0 bridgehead atoms. The van der Waals surface area contributed by atoms with Crippen molar-refractivity contribution in [2.75, 3.05) is 65.9 Å². The van der Waals surface area contributed by atoms with E-state index >= 15 is 0 Å². The number of piperazine rings is 1. The topological polar surface area (TPSA) is 61.4 Å². The molecular weight excluding hydrogens is 402 g/mol. The van der Waals surface area contributed by atoms with E-state index in [1.54, 1.807) is 21.3 Å². The van der Waals surface area contributed by atoms with Gasteiger partial charge in [-0.05, 0) is 37.1 Å². The minimum Gasteiger partial charge on any atom is -0.493 e. The molecule has 2 aromatic rings. The maximum Gasteiger partial charge on any atom is 0.195 e. The molecule has 7 nitrogen and oxygen atoms in total. The predicted octanol–water partition coefficient (Wildman–Crippen LogP) is 3.29. The molecule has 0 radical (unpaired) electrons. The first kappa shape index (κ1) is 23.9. The summed E-state index contributed by atoms with van der Waals surface area (Å²) in [6.07, 6.45) is 2.29. The van der Waals surface area contributed by atoms with Gasteiger partial charge in [-0.3, -0.25) is 9.89 Å². The number of ether oxygens (including phenoxy) is 2. The average molecular weight is 440 g/mol. The normalized spacial score (nSPS) is 15.4. The van der Waals surface area contributed by atoms with Gasteiger partial charge in [0.05, 0.1) is 14.2 Å². The summed E-state index contributed by atoms with van der Waals surface area (Å²) in [6.45, 7) is 7.71. The minimum atomic E-state index is 0.691. The fourth-order valence-electron chi connectivity index (χ4n) is 3.91. The number of nitrogens with one attached hydrogen (secondary N) is 2. The van der Waals surface area contributed by atoms with Crippen molar-refractivity contribution in [3.05, 3.63) is 54.1 Å². The molecule has 0 aromatic heterocycles. The van der Waals surface area contributed by atoms with Crippen LogP contribution in [0.3, 0.4) is 0 Å². The van der Waals surface area contributed by atoms with Gasteiger partial charge in [-0.15, -0.1) is 0 Å². The van der Waals surface area contributed by atoms with Gasteiger partial charge < -0.3 is 25.0 Å². The smallest absolute Gasteiger partial charge is 0.195 e. The Bertz CT molecular complexity index is 835. The second kappa shape index (κ2) is 12.9. The van der Waals surface area contributed by atoms with E-state index in [0.29, 0.717) is 11.5 Å². The van der Waals surface area contributed by atoms with Gasteiger partial charge in [0.2, 0.25) is 0 Å². The van der Waals surface area contributed by atoms with Gasteiger partial charge in [-0.2, -0.15) is 0 Å². The van der Waals surface area contributed by atoms with Crippen LogP contribution in [0.1, 0.15) is 18.4 Å². The van der Waals surface area contributed by atoms with Crippen LogP contribution in [0.15, 0.2) is 53.5 Å². The first-order valence-electron chi connectivity index (χ1n) is 11.4. The highest BCUT2D eigenvalue weighted by atomic mass is 16.5. The number of hydrogen-bond donors (Lipinski definition) is 2. The molecule has 0 amide bonds. The second-order valence-corrected chi connectivity index (χ2v) is 8.00. The van der Waals surface area contributed by atoms with Crippen molar-refractivity contribution in [3.63, 3.8) is 0 Å². The molecule has 2 N–H and O–H groups in total. The van der Waals surface area contributed by atoms with Gasteiger partial charge in [0.25, 0.3) is 0 Å². The molecule has 1 heterocycles. The lowest BCUT2D eigenvalue weighted by atomic mass is 10.2. The van der Waals surface area contributed by atoms with Gasteiger partial charge in [0.1, 0.15) is 0 Å². The average Bonchev–Trinajstić information content (AvgIpc) is 2.84. The van der Waals surface area contributed by atoms with Crippen LogP contribution >= 0.6 is 0 Å². The van der Waals surface area contributed by atoms with Crippen LogP contribution in [0.2, 0.25) is 0 Å². The molecule has 2 aromatic carbocycles. The van der Waals surface area contributed by atoms with Crippen LogP contribution in [0.25, 0.3) is 0 Å². The van der Waals surface area contributed by atoms with Crippen LogP contribution in [-0.2, 0) is 6.54 Å². The van der Waals surface area contributed by atoms with Crippen LogP contribution < -0.4 is 20.1 Å². The number of nitrogens with zero attached hydrogens (tertiary/aromatic N) is 3. The first-order chi connectivity index (χ1) is 15.7. The number of guanidine groups is 1. The monoisotopic (exact) mass is 439 g/mol. The maximum atomic E-state index is 5.37. The van der Waals surface area contributed by atoms with E-state index in [1.807, 2.05) is 18.2 Å². The van der Waals surface area contributed by atoms with E-state index in [0.717, 1.165) is 63.9 Å². The Morgan fingerprint density at radius 2 is 1.62 bits per heavy atom. The highest BCUT2D eigenvalue weighted by Gasteiger charge is 2.16. The van der Waals surface area contributed by atoms with Crippen molar-refractivity contribution in [1.29, 1.82) is 0 Å². The summed E-state index contributed by atoms with van der Waals surface area (Å²) in [4.78, 5) is 9.45. The Kier molecular flexibility index (Phi) is 9.65. The van der Waals surface area contributed by atoms with Crippen molar-refractivity contribution in [2.24, 2.45) is 4.99 Å². The minimum absolute atomic E-state index is 0.691. The fourth-order valence-corrected chi connectivity index (χ4v) is 3.91. The van der Waals surface area contributed by atoms with E-state index in [-0.39, 0.29) is 0 Å². The molecule has 0 atom stereocenters. The Morgan fingerprint density at radius 3 is 2.31 bits per heavy atom. The summed E-state index contributed by atoms with van der Waals surface area (Å²) >= 11 is 0. The number of benzene rings is 2. The number of methoxy groups -OCH3 is 2. The van der Waals surface area contributed by atoms with Crippen molar-refractivity contribution < 1.29 is 9.47 Å². The van der Waals surface area contributed by atoms with E-state index in [9.17, 15) is 0 Å². The zero-order valence-electron chi connectivity index (χ0n) is 19.6. The van der Waals surface area contributed by atoms with Gasteiger partial charge in [-0.25, -0.2) is 0 Å².